The van der Waals surface area contributed by atoms with E-state index in [-0.39, 0.29) is 11.7 Å². The summed E-state index contributed by atoms with van der Waals surface area (Å²) >= 11 is 12.7. The molecular formula is C16H13Cl2NO3S. The lowest BCUT2D eigenvalue weighted by atomic mass is 10.1. The van der Waals surface area contributed by atoms with Crippen LogP contribution in [0.2, 0.25) is 10.0 Å². The minimum atomic E-state index is -0.978. The van der Waals surface area contributed by atoms with Crippen molar-refractivity contribution in [2.75, 3.05) is 11.1 Å². The van der Waals surface area contributed by atoms with Gasteiger partial charge in [0.2, 0.25) is 5.91 Å². The quantitative estimate of drug-likeness (QED) is 0.786. The van der Waals surface area contributed by atoms with Crippen LogP contribution in [0.25, 0.3) is 0 Å². The zero-order valence-electron chi connectivity index (χ0n) is 11.8. The van der Waals surface area contributed by atoms with Gasteiger partial charge in [-0.15, -0.1) is 11.8 Å². The molecule has 120 valence electrons. The summed E-state index contributed by atoms with van der Waals surface area (Å²) in [5.74, 6) is -1.46. The van der Waals surface area contributed by atoms with Crippen molar-refractivity contribution in [3.63, 3.8) is 0 Å². The minimum absolute atomic E-state index is 0.179. The van der Waals surface area contributed by atoms with Gasteiger partial charge in [0, 0.05) is 15.7 Å². The topological polar surface area (TPSA) is 66.4 Å². The fraction of sp³-hybridized carbons (Fsp3) is 0.125. The van der Waals surface area contributed by atoms with E-state index in [1.807, 2.05) is 0 Å². The smallest absolute Gasteiger partial charge is 0.313 e. The van der Waals surface area contributed by atoms with E-state index in [9.17, 15) is 9.59 Å². The van der Waals surface area contributed by atoms with Crippen LogP contribution in [-0.4, -0.2) is 22.7 Å². The molecule has 0 aromatic heterocycles. The van der Waals surface area contributed by atoms with Crippen LogP contribution in [0.1, 0.15) is 10.8 Å². The van der Waals surface area contributed by atoms with Crippen LogP contribution in [0.15, 0.2) is 48.5 Å². The second-order valence-electron chi connectivity index (χ2n) is 4.63. The molecule has 4 nitrogen and oxygen atoms in total. The summed E-state index contributed by atoms with van der Waals surface area (Å²) in [6, 6.07) is 13.5. The van der Waals surface area contributed by atoms with Crippen molar-refractivity contribution in [1.29, 1.82) is 0 Å². The minimum Gasteiger partial charge on any atom is -0.481 e. The molecule has 0 spiro atoms. The SMILES string of the molecule is O=C(O)CSC(C(=O)Nc1ccc(Cl)cc1)c1ccc(Cl)cc1. The Balaban J connectivity index is 2.17. The Morgan fingerprint density at radius 3 is 2.04 bits per heavy atom. The van der Waals surface area contributed by atoms with Crippen molar-refractivity contribution in [2.45, 2.75) is 5.25 Å². The van der Waals surface area contributed by atoms with Gasteiger partial charge in [0.25, 0.3) is 0 Å². The van der Waals surface area contributed by atoms with Crippen LogP contribution in [0.4, 0.5) is 5.69 Å². The molecule has 0 saturated carbocycles. The zero-order chi connectivity index (χ0) is 16.8. The van der Waals surface area contributed by atoms with Crippen LogP contribution in [-0.2, 0) is 9.59 Å². The van der Waals surface area contributed by atoms with Crippen LogP contribution in [0.3, 0.4) is 0 Å². The lowest BCUT2D eigenvalue weighted by molar-refractivity contribution is -0.133. The molecule has 2 aromatic rings. The Hall–Kier alpha value is -1.69. The van der Waals surface area contributed by atoms with Gasteiger partial charge in [-0.2, -0.15) is 0 Å². The van der Waals surface area contributed by atoms with Crippen LogP contribution in [0, 0.1) is 0 Å². The number of hydrogen-bond acceptors (Lipinski definition) is 3. The first-order valence-electron chi connectivity index (χ1n) is 6.61. The Morgan fingerprint density at radius 1 is 1.00 bits per heavy atom. The highest BCUT2D eigenvalue weighted by molar-refractivity contribution is 8.00. The zero-order valence-corrected chi connectivity index (χ0v) is 14.2. The van der Waals surface area contributed by atoms with Crippen molar-refractivity contribution >= 4 is 52.5 Å². The number of carbonyl (C=O) groups excluding carboxylic acids is 1. The number of rotatable bonds is 6. The third kappa shape index (κ3) is 5.46. The second-order valence-corrected chi connectivity index (χ2v) is 6.60. The monoisotopic (exact) mass is 369 g/mol. The number of anilines is 1. The molecule has 0 bridgehead atoms. The normalized spacial score (nSPS) is 11.7. The number of carboxylic acids is 1. The number of benzene rings is 2. The van der Waals surface area contributed by atoms with E-state index in [2.05, 4.69) is 5.32 Å². The molecule has 7 heteroatoms. The summed E-state index contributed by atoms with van der Waals surface area (Å²) in [5, 5.41) is 12.1. The molecule has 0 saturated heterocycles. The Bertz CT molecular complexity index is 689. The molecule has 23 heavy (non-hydrogen) atoms. The molecule has 1 atom stereocenters. The number of thioether (sulfide) groups is 1. The maximum absolute atomic E-state index is 12.5. The number of carboxylic acid groups (broad SMARTS) is 1. The van der Waals surface area contributed by atoms with Gasteiger partial charge in [-0.1, -0.05) is 35.3 Å². The summed E-state index contributed by atoms with van der Waals surface area (Å²) in [7, 11) is 0. The molecule has 1 amide bonds. The van der Waals surface area contributed by atoms with Gasteiger partial charge >= 0.3 is 5.97 Å². The molecule has 0 aliphatic heterocycles. The van der Waals surface area contributed by atoms with Crippen molar-refractivity contribution in [3.8, 4) is 0 Å². The first kappa shape index (κ1) is 17.7. The number of nitrogens with one attached hydrogen (secondary N) is 1. The molecule has 2 N–H and O–H groups in total. The third-order valence-corrected chi connectivity index (χ3v) is 4.63. The third-order valence-electron chi connectivity index (χ3n) is 2.90. The number of carbonyl (C=O) groups is 2. The van der Waals surface area contributed by atoms with Crippen LogP contribution in [0.5, 0.6) is 0 Å². The van der Waals surface area contributed by atoms with Gasteiger partial charge < -0.3 is 10.4 Å². The maximum Gasteiger partial charge on any atom is 0.313 e. The highest BCUT2D eigenvalue weighted by atomic mass is 35.5. The van der Waals surface area contributed by atoms with E-state index in [4.69, 9.17) is 28.3 Å². The second kappa shape index (κ2) is 8.24. The van der Waals surface area contributed by atoms with Crippen molar-refractivity contribution in [2.24, 2.45) is 0 Å². The first-order valence-corrected chi connectivity index (χ1v) is 8.41. The highest BCUT2D eigenvalue weighted by Crippen LogP contribution is 2.31. The van der Waals surface area contributed by atoms with Gasteiger partial charge in [0.1, 0.15) is 5.25 Å². The Morgan fingerprint density at radius 2 is 1.52 bits per heavy atom. The van der Waals surface area contributed by atoms with Crippen molar-refractivity contribution in [1.82, 2.24) is 0 Å². The van der Waals surface area contributed by atoms with E-state index in [1.165, 1.54) is 0 Å². The Labute approximate surface area is 147 Å². The van der Waals surface area contributed by atoms with E-state index in [1.54, 1.807) is 48.5 Å². The highest BCUT2D eigenvalue weighted by Gasteiger charge is 2.22. The largest absolute Gasteiger partial charge is 0.481 e. The van der Waals surface area contributed by atoms with Gasteiger partial charge in [-0.25, -0.2) is 0 Å². The Kier molecular flexibility index (Phi) is 6.33. The number of amides is 1. The van der Waals surface area contributed by atoms with Gasteiger partial charge in [0.15, 0.2) is 0 Å². The summed E-state index contributed by atoms with van der Waals surface area (Å²) in [4.78, 5) is 23.3. The van der Waals surface area contributed by atoms with Crippen LogP contribution >= 0.6 is 35.0 Å². The van der Waals surface area contributed by atoms with E-state index in [0.717, 1.165) is 11.8 Å². The summed E-state index contributed by atoms with van der Waals surface area (Å²) in [6.07, 6.45) is 0. The number of aliphatic carboxylic acids is 1. The predicted molar refractivity (Wildman–Crippen MR) is 94.4 cm³/mol. The number of hydrogen-bond donors (Lipinski definition) is 2. The van der Waals surface area contributed by atoms with Gasteiger partial charge in [0.05, 0.1) is 5.75 Å². The molecule has 0 fully saturated rings. The maximum atomic E-state index is 12.5. The molecule has 0 aliphatic rings. The van der Waals surface area contributed by atoms with E-state index >= 15 is 0 Å². The average molecular weight is 370 g/mol. The molecule has 0 aliphatic carbocycles. The van der Waals surface area contributed by atoms with Crippen molar-refractivity contribution < 1.29 is 14.7 Å². The summed E-state index contributed by atoms with van der Waals surface area (Å²) < 4.78 is 0. The summed E-state index contributed by atoms with van der Waals surface area (Å²) in [6.45, 7) is 0. The number of halogens is 2. The summed E-state index contributed by atoms with van der Waals surface area (Å²) in [5.41, 5.74) is 1.28. The first-order chi connectivity index (χ1) is 11.0. The standard InChI is InChI=1S/C16H13Cl2NO3S/c17-11-3-1-10(2-4-11)15(23-9-14(20)21)16(22)19-13-7-5-12(18)6-8-13/h1-8,15H,9H2,(H,19,22)(H,20,21). The van der Waals surface area contributed by atoms with E-state index < -0.39 is 11.2 Å². The molecule has 1 unspecified atom stereocenters. The average Bonchev–Trinajstić information content (AvgIpc) is 2.51. The van der Waals surface area contributed by atoms with Gasteiger partial charge in [-0.05, 0) is 42.0 Å². The van der Waals surface area contributed by atoms with Crippen molar-refractivity contribution in [3.05, 3.63) is 64.1 Å². The lowest BCUT2D eigenvalue weighted by Gasteiger charge is -2.16. The molecular weight excluding hydrogens is 357 g/mol. The lowest BCUT2D eigenvalue weighted by Crippen LogP contribution is -2.20. The molecule has 0 heterocycles. The molecule has 2 rings (SSSR count). The fourth-order valence-electron chi connectivity index (χ4n) is 1.86. The molecule has 0 radical (unpaired) electrons. The fourth-order valence-corrected chi connectivity index (χ4v) is 2.98. The van der Waals surface area contributed by atoms with E-state index in [0.29, 0.717) is 21.3 Å². The molecule has 2 aromatic carbocycles. The predicted octanol–water partition coefficient (Wildman–Crippen LogP) is 4.49. The van der Waals surface area contributed by atoms with Gasteiger partial charge in [-0.3, -0.25) is 9.59 Å². The van der Waals surface area contributed by atoms with Crippen LogP contribution < -0.4 is 5.32 Å².